The summed E-state index contributed by atoms with van der Waals surface area (Å²) in [5.41, 5.74) is 0. The molecule has 1 aliphatic carbocycles. The van der Waals surface area contributed by atoms with Crippen molar-refractivity contribution in [2.45, 2.75) is 0 Å². The normalized spacial score (nSPS) is 21.6. The third-order valence-corrected chi connectivity index (χ3v) is 2.72. The van der Waals surface area contributed by atoms with Crippen molar-refractivity contribution < 1.29 is 28.6 Å². The largest absolute Gasteiger partial charge is 0.469 e. The maximum Gasteiger partial charge on any atom is 0.320 e. The Kier molecular flexibility index (Phi) is 4.25. The standard InChI is InChI=1S/C11H14O6/c1-15-9(12)7-5-4-6(7)8(10(13)16-2)11(14)17-3/h4-8H,1-3H3/t6-,7+/m1/s1. The molecule has 1 rings (SSSR count). The second-order valence-corrected chi connectivity index (χ2v) is 3.54. The predicted molar refractivity (Wildman–Crippen MR) is 55.7 cm³/mol. The van der Waals surface area contributed by atoms with E-state index >= 15 is 0 Å². The molecule has 0 heterocycles. The number of hydrogen-bond donors (Lipinski definition) is 0. The summed E-state index contributed by atoms with van der Waals surface area (Å²) in [6, 6.07) is 0. The highest BCUT2D eigenvalue weighted by molar-refractivity contribution is 5.96. The Hall–Kier alpha value is -1.85. The highest BCUT2D eigenvalue weighted by Crippen LogP contribution is 2.34. The molecule has 0 bridgehead atoms. The summed E-state index contributed by atoms with van der Waals surface area (Å²) in [5, 5.41) is 0. The van der Waals surface area contributed by atoms with Crippen molar-refractivity contribution >= 4 is 17.9 Å². The van der Waals surface area contributed by atoms with E-state index in [0.29, 0.717) is 0 Å². The highest BCUT2D eigenvalue weighted by Gasteiger charge is 2.45. The number of allylic oxidation sites excluding steroid dienone is 1. The second kappa shape index (κ2) is 5.47. The number of hydrogen-bond acceptors (Lipinski definition) is 6. The summed E-state index contributed by atoms with van der Waals surface area (Å²) in [5.74, 6) is -4.24. The van der Waals surface area contributed by atoms with Crippen LogP contribution in [0.3, 0.4) is 0 Å². The zero-order valence-corrected chi connectivity index (χ0v) is 9.84. The van der Waals surface area contributed by atoms with Crippen LogP contribution < -0.4 is 0 Å². The number of carbonyl (C=O) groups excluding carboxylic acids is 3. The van der Waals surface area contributed by atoms with Gasteiger partial charge in [0, 0.05) is 5.92 Å². The molecule has 0 radical (unpaired) electrons. The van der Waals surface area contributed by atoms with Gasteiger partial charge in [-0.05, 0) is 0 Å². The van der Waals surface area contributed by atoms with Crippen LogP contribution in [-0.2, 0) is 28.6 Å². The van der Waals surface area contributed by atoms with Crippen LogP contribution in [0.1, 0.15) is 0 Å². The van der Waals surface area contributed by atoms with Crippen LogP contribution in [-0.4, -0.2) is 39.2 Å². The molecule has 0 saturated carbocycles. The van der Waals surface area contributed by atoms with Gasteiger partial charge < -0.3 is 14.2 Å². The average Bonchev–Trinajstić information content (AvgIpc) is 2.32. The monoisotopic (exact) mass is 242 g/mol. The van der Waals surface area contributed by atoms with Gasteiger partial charge in [0.05, 0.1) is 27.2 Å². The van der Waals surface area contributed by atoms with Crippen molar-refractivity contribution in [1.29, 1.82) is 0 Å². The van der Waals surface area contributed by atoms with E-state index in [0.717, 1.165) is 0 Å². The van der Waals surface area contributed by atoms with E-state index in [4.69, 9.17) is 0 Å². The molecule has 6 nitrogen and oxygen atoms in total. The van der Waals surface area contributed by atoms with Crippen LogP contribution in [0.5, 0.6) is 0 Å². The first-order valence-electron chi connectivity index (χ1n) is 4.98. The van der Waals surface area contributed by atoms with Gasteiger partial charge in [-0.25, -0.2) is 0 Å². The van der Waals surface area contributed by atoms with Crippen LogP contribution >= 0.6 is 0 Å². The summed E-state index contributed by atoms with van der Waals surface area (Å²) in [7, 11) is 3.60. The molecule has 6 heteroatoms. The van der Waals surface area contributed by atoms with E-state index in [1.807, 2.05) is 0 Å². The molecule has 0 aromatic rings. The summed E-state index contributed by atoms with van der Waals surface area (Å²) < 4.78 is 13.6. The Morgan fingerprint density at radius 2 is 1.47 bits per heavy atom. The predicted octanol–water partition coefficient (Wildman–Crippen LogP) is -0.0762. The van der Waals surface area contributed by atoms with Crippen molar-refractivity contribution in [2.75, 3.05) is 21.3 Å². The molecule has 0 fully saturated rings. The van der Waals surface area contributed by atoms with Crippen molar-refractivity contribution in [3.63, 3.8) is 0 Å². The van der Waals surface area contributed by atoms with Crippen LogP contribution in [0.25, 0.3) is 0 Å². The number of ether oxygens (including phenoxy) is 3. The van der Waals surface area contributed by atoms with Crippen LogP contribution in [0.4, 0.5) is 0 Å². The number of rotatable bonds is 4. The van der Waals surface area contributed by atoms with Gasteiger partial charge in [-0.1, -0.05) is 12.2 Å². The number of methoxy groups -OCH3 is 3. The Bertz CT molecular complexity index is 343. The van der Waals surface area contributed by atoms with E-state index in [1.54, 1.807) is 12.2 Å². The maximum atomic E-state index is 11.5. The molecule has 1 aliphatic rings. The number of esters is 3. The van der Waals surface area contributed by atoms with E-state index in [1.165, 1.54) is 21.3 Å². The fourth-order valence-corrected chi connectivity index (χ4v) is 1.71. The minimum absolute atomic E-state index is 0.490. The molecule has 2 atom stereocenters. The minimum atomic E-state index is -1.13. The van der Waals surface area contributed by atoms with Gasteiger partial charge in [-0.3, -0.25) is 14.4 Å². The second-order valence-electron chi connectivity index (χ2n) is 3.54. The fraction of sp³-hybridized carbons (Fsp3) is 0.545. The van der Waals surface area contributed by atoms with Crippen LogP contribution in [0, 0.1) is 17.8 Å². The third kappa shape index (κ3) is 2.46. The summed E-state index contributed by atoms with van der Waals surface area (Å²) in [4.78, 5) is 34.3. The minimum Gasteiger partial charge on any atom is -0.469 e. The lowest BCUT2D eigenvalue weighted by atomic mass is 9.73. The van der Waals surface area contributed by atoms with Gasteiger partial charge in [0.15, 0.2) is 5.92 Å². The molecular weight excluding hydrogens is 228 g/mol. The van der Waals surface area contributed by atoms with Crippen molar-refractivity contribution in [2.24, 2.45) is 17.8 Å². The van der Waals surface area contributed by atoms with Gasteiger partial charge in [-0.15, -0.1) is 0 Å². The molecule has 0 spiro atoms. The lowest BCUT2D eigenvalue weighted by molar-refractivity contribution is -0.163. The van der Waals surface area contributed by atoms with Crippen molar-refractivity contribution in [3.05, 3.63) is 12.2 Å². The van der Waals surface area contributed by atoms with Gasteiger partial charge in [0.1, 0.15) is 0 Å². The van der Waals surface area contributed by atoms with Gasteiger partial charge in [0.2, 0.25) is 0 Å². The SMILES string of the molecule is COC(=O)C(C(=O)OC)[C@@H]1C=C[C@@H]1C(=O)OC. The summed E-state index contributed by atoms with van der Waals surface area (Å²) in [6.45, 7) is 0. The highest BCUT2D eigenvalue weighted by atomic mass is 16.5. The lowest BCUT2D eigenvalue weighted by Gasteiger charge is -2.30. The lowest BCUT2D eigenvalue weighted by Crippen LogP contribution is -2.42. The van der Waals surface area contributed by atoms with Gasteiger partial charge in [-0.2, -0.15) is 0 Å². The Morgan fingerprint density at radius 3 is 1.76 bits per heavy atom. The Morgan fingerprint density at radius 1 is 0.941 bits per heavy atom. The van der Waals surface area contributed by atoms with Crippen molar-refractivity contribution in [1.82, 2.24) is 0 Å². The number of carbonyl (C=O) groups is 3. The first-order valence-corrected chi connectivity index (χ1v) is 4.98. The van der Waals surface area contributed by atoms with E-state index < -0.39 is 35.7 Å². The molecule has 0 unspecified atom stereocenters. The fourth-order valence-electron chi connectivity index (χ4n) is 1.71. The molecule has 0 aliphatic heterocycles. The van der Waals surface area contributed by atoms with Crippen molar-refractivity contribution in [3.8, 4) is 0 Å². The molecule has 94 valence electrons. The summed E-state index contributed by atoms with van der Waals surface area (Å²) in [6.07, 6.45) is 3.18. The van der Waals surface area contributed by atoms with Gasteiger partial charge in [0.25, 0.3) is 0 Å². The van der Waals surface area contributed by atoms with Crippen LogP contribution in [0.2, 0.25) is 0 Å². The van der Waals surface area contributed by atoms with Gasteiger partial charge >= 0.3 is 17.9 Å². The maximum absolute atomic E-state index is 11.5. The Labute approximate surface area is 98.5 Å². The van der Waals surface area contributed by atoms with Crippen LogP contribution in [0.15, 0.2) is 12.2 Å². The first-order chi connectivity index (χ1) is 8.06. The zero-order chi connectivity index (χ0) is 13.0. The zero-order valence-electron chi connectivity index (χ0n) is 9.84. The molecule has 0 aromatic carbocycles. The van der Waals surface area contributed by atoms with E-state index in [9.17, 15) is 14.4 Å². The molecule has 0 amide bonds. The molecular formula is C11H14O6. The molecule has 0 saturated heterocycles. The summed E-state index contributed by atoms with van der Waals surface area (Å²) >= 11 is 0. The first kappa shape index (κ1) is 13.2. The van der Waals surface area contributed by atoms with E-state index in [-0.39, 0.29) is 0 Å². The molecule has 17 heavy (non-hydrogen) atoms. The topological polar surface area (TPSA) is 78.9 Å². The molecule has 0 aromatic heterocycles. The molecule has 0 N–H and O–H groups in total. The quantitative estimate of drug-likeness (QED) is 0.297. The average molecular weight is 242 g/mol. The smallest absolute Gasteiger partial charge is 0.320 e. The third-order valence-electron chi connectivity index (χ3n) is 2.72. The Balaban J connectivity index is 2.86. The van der Waals surface area contributed by atoms with E-state index in [2.05, 4.69) is 14.2 Å².